The maximum atomic E-state index is 5.85. The lowest BCUT2D eigenvalue weighted by Gasteiger charge is -2.47. The molecule has 2 heteroatoms. The average molecular weight is 241 g/mol. The fourth-order valence-corrected chi connectivity index (χ4v) is 3.04. The second-order valence-electron chi connectivity index (χ2n) is 5.76. The van der Waals surface area contributed by atoms with Crippen LogP contribution in [0.5, 0.6) is 0 Å². The number of methoxy groups -OCH3 is 1. The first-order valence-corrected chi connectivity index (χ1v) is 7.47. The van der Waals surface area contributed by atoms with Gasteiger partial charge in [0.2, 0.25) is 0 Å². The van der Waals surface area contributed by atoms with Crippen molar-refractivity contribution in [1.29, 1.82) is 0 Å². The molecule has 1 aliphatic rings. The summed E-state index contributed by atoms with van der Waals surface area (Å²) >= 11 is 0. The van der Waals surface area contributed by atoms with Gasteiger partial charge in [0, 0.05) is 13.2 Å². The lowest BCUT2D eigenvalue weighted by molar-refractivity contribution is -0.103. The van der Waals surface area contributed by atoms with Crippen LogP contribution in [0, 0.1) is 5.92 Å². The van der Waals surface area contributed by atoms with E-state index in [1.54, 1.807) is 0 Å². The third-order valence-corrected chi connectivity index (χ3v) is 4.30. The van der Waals surface area contributed by atoms with E-state index in [2.05, 4.69) is 26.1 Å². The first-order chi connectivity index (χ1) is 8.18. The molecule has 102 valence electrons. The monoisotopic (exact) mass is 241 g/mol. The molecule has 17 heavy (non-hydrogen) atoms. The normalized spacial score (nSPS) is 21.9. The highest BCUT2D eigenvalue weighted by Crippen LogP contribution is 2.40. The van der Waals surface area contributed by atoms with Crippen molar-refractivity contribution >= 4 is 0 Å². The average Bonchev–Trinajstić information content (AvgIpc) is 2.25. The van der Waals surface area contributed by atoms with Gasteiger partial charge in [0.1, 0.15) is 0 Å². The summed E-state index contributed by atoms with van der Waals surface area (Å²) in [6, 6.07) is 0.558. The number of nitrogens with one attached hydrogen (secondary N) is 1. The summed E-state index contributed by atoms with van der Waals surface area (Å²) in [7, 11) is 1.89. The van der Waals surface area contributed by atoms with E-state index in [4.69, 9.17) is 4.74 Å². The Bertz CT molecular complexity index is 196. The summed E-state index contributed by atoms with van der Waals surface area (Å²) < 4.78 is 5.85. The molecule has 0 amide bonds. The first-order valence-electron chi connectivity index (χ1n) is 7.47. The molecule has 2 unspecified atom stereocenters. The molecule has 0 aromatic rings. The van der Waals surface area contributed by atoms with Crippen molar-refractivity contribution in [1.82, 2.24) is 5.32 Å². The van der Waals surface area contributed by atoms with Crippen LogP contribution in [0.1, 0.15) is 65.7 Å². The number of rotatable bonds is 9. The summed E-state index contributed by atoms with van der Waals surface area (Å²) in [4.78, 5) is 0. The Morgan fingerprint density at radius 2 is 1.94 bits per heavy atom. The van der Waals surface area contributed by atoms with E-state index >= 15 is 0 Å². The summed E-state index contributed by atoms with van der Waals surface area (Å²) in [6.07, 6.45) is 8.92. The molecule has 0 spiro atoms. The van der Waals surface area contributed by atoms with Gasteiger partial charge in [-0.1, -0.05) is 33.6 Å². The summed E-state index contributed by atoms with van der Waals surface area (Å²) in [6.45, 7) is 8.01. The highest BCUT2D eigenvalue weighted by molar-refractivity contribution is 5.00. The van der Waals surface area contributed by atoms with Crippen molar-refractivity contribution < 1.29 is 4.74 Å². The molecule has 1 N–H and O–H groups in total. The number of hydrogen-bond acceptors (Lipinski definition) is 2. The molecule has 0 heterocycles. The zero-order valence-corrected chi connectivity index (χ0v) is 12.2. The third-order valence-electron chi connectivity index (χ3n) is 4.30. The van der Waals surface area contributed by atoms with Gasteiger partial charge in [-0.2, -0.15) is 0 Å². The quantitative estimate of drug-likeness (QED) is 0.664. The van der Waals surface area contributed by atoms with Crippen LogP contribution in [-0.4, -0.2) is 25.3 Å². The SMILES string of the molecule is CCCNC(CC(C)CCC)C1(OC)CCC1. The van der Waals surface area contributed by atoms with E-state index in [1.165, 1.54) is 44.9 Å². The molecule has 0 saturated heterocycles. The fraction of sp³-hybridized carbons (Fsp3) is 1.00. The van der Waals surface area contributed by atoms with Crippen molar-refractivity contribution in [2.24, 2.45) is 5.92 Å². The highest BCUT2D eigenvalue weighted by Gasteiger charge is 2.44. The van der Waals surface area contributed by atoms with Gasteiger partial charge in [0.15, 0.2) is 0 Å². The van der Waals surface area contributed by atoms with E-state index < -0.39 is 0 Å². The molecule has 0 aromatic carbocycles. The zero-order chi connectivity index (χ0) is 12.7. The molecule has 0 aromatic heterocycles. The van der Waals surface area contributed by atoms with Gasteiger partial charge in [-0.3, -0.25) is 0 Å². The van der Waals surface area contributed by atoms with Crippen molar-refractivity contribution in [3.63, 3.8) is 0 Å². The standard InChI is InChI=1S/C15H31NO/c1-5-8-13(3)12-14(16-11-6-2)15(17-4)9-7-10-15/h13-14,16H,5-12H2,1-4H3. The van der Waals surface area contributed by atoms with E-state index in [9.17, 15) is 0 Å². The Hall–Kier alpha value is -0.0800. The Morgan fingerprint density at radius 1 is 1.24 bits per heavy atom. The third kappa shape index (κ3) is 3.96. The second-order valence-corrected chi connectivity index (χ2v) is 5.76. The molecule has 0 radical (unpaired) electrons. The zero-order valence-electron chi connectivity index (χ0n) is 12.2. The first kappa shape index (κ1) is 15.0. The molecular formula is C15H31NO. The largest absolute Gasteiger partial charge is 0.377 e. The highest BCUT2D eigenvalue weighted by atomic mass is 16.5. The van der Waals surface area contributed by atoms with Crippen LogP contribution in [-0.2, 0) is 4.74 Å². The van der Waals surface area contributed by atoms with Gasteiger partial charge in [0.05, 0.1) is 5.60 Å². The van der Waals surface area contributed by atoms with Crippen molar-refractivity contribution in [3.05, 3.63) is 0 Å². The van der Waals surface area contributed by atoms with Crippen LogP contribution in [0.3, 0.4) is 0 Å². The van der Waals surface area contributed by atoms with Crippen LogP contribution in [0.4, 0.5) is 0 Å². The van der Waals surface area contributed by atoms with Gasteiger partial charge in [-0.15, -0.1) is 0 Å². The molecule has 1 fully saturated rings. The summed E-state index contributed by atoms with van der Waals surface area (Å²) in [5, 5.41) is 3.73. The molecule has 1 saturated carbocycles. The topological polar surface area (TPSA) is 21.3 Å². The van der Waals surface area contributed by atoms with Gasteiger partial charge < -0.3 is 10.1 Å². The Labute approximate surface area is 108 Å². The van der Waals surface area contributed by atoms with Gasteiger partial charge in [-0.25, -0.2) is 0 Å². The van der Waals surface area contributed by atoms with E-state index in [-0.39, 0.29) is 5.60 Å². The van der Waals surface area contributed by atoms with Gasteiger partial charge >= 0.3 is 0 Å². The Balaban J connectivity index is 2.53. The molecular weight excluding hydrogens is 210 g/mol. The Kier molecular flexibility index (Phi) is 6.50. The minimum Gasteiger partial charge on any atom is -0.377 e. The lowest BCUT2D eigenvalue weighted by Crippen LogP contribution is -2.57. The van der Waals surface area contributed by atoms with Crippen LogP contribution in [0.25, 0.3) is 0 Å². The van der Waals surface area contributed by atoms with E-state index in [0.29, 0.717) is 6.04 Å². The predicted octanol–water partition coefficient (Wildman–Crippen LogP) is 3.75. The summed E-state index contributed by atoms with van der Waals surface area (Å²) in [5.74, 6) is 0.807. The van der Waals surface area contributed by atoms with Crippen LogP contribution >= 0.6 is 0 Å². The smallest absolute Gasteiger partial charge is 0.0831 e. The Morgan fingerprint density at radius 3 is 2.35 bits per heavy atom. The fourth-order valence-electron chi connectivity index (χ4n) is 3.04. The second kappa shape index (κ2) is 7.38. The van der Waals surface area contributed by atoms with Crippen LogP contribution in [0.2, 0.25) is 0 Å². The maximum Gasteiger partial charge on any atom is 0.0831 e. The predicted molar refractivity (Wildman–Crippen MR) is 74.4 cm³/mol. The van der Waals surface area contributed by atoms with E-state index in [0.717, 1.165) is 12.5 Å². The summed E-state index contributed by atoms with van der Waals surface area (Å²) in [5.41, 5.74) is 0.150. The van der Waals surface area contributed by atoms with Crippen molar-refractivity contribution in [2.75, 3.05) is 13.7 Å². The van der Waals surface area contributed by atoms with Gasteiger partial charge in [0.25, 0.3) is 0 Å². The molecule has 2 atom stereocenters. The molecule has 1 aliphatic carbocycles. The number of ether oxygens (including phenoxy) is 1. The van der Waals surface area contributed by atoms with Crippen LogP contribution in [0.15, 0.2) is 0 Å². The van der Waals surface area contributed by atoms with E-state index in [1.807, 2.05) is 7.11 Å². The minimum absolute atomic E-state index is 0.150. The molecule has 2 nitrogen and oxygen atoms in total. The molecule has 1 rings (SSSR count). The van der Waals surface area contributed by atoms with Crippen molar-refractivity contribution in [3.8, 4) is 0 Å². The lowest BCUT2D eigenvalue weighted by atomic mass is 9.71. The number of hydrogen-bond donors (Lipinski definition) is 1. The van der Waals surface area contributed by atoms with Crippen molar-refractivity contribution in [2.45, 2.75) is 77.4 Å². The molecule has 0 bridgehead atoms. The molecule has 0 aliphatic heterocycles. The maximum absolute atomic E-state index is 5.85. The minimum atomic E-state index is 0.150. The van der Waals surface area contributed by atoms with Crippen LogP contribution < -0.4 is 5.32 Å². The van der Waals surface area contributed by atoms with Gasteiger partial charge in [-0.05, 0) is 44.6 Å².